The number of hydrogen-bond acceptors (Lipinski definition) is 4. The Balaban J connectivity index is 1.38. The van der Waals surface area contributed by atoms with Crippen LogP contribution in [0, 0.1) is 5.92 Å². The largest absolute Gasteiger partial charge is 0.340 e. The van der Waals surface area contributed by atoms with Crippen molar-refractivity contribution in [1.82, 2.24) is 20.0 Å². The van der Waals surface area contributed by atoms with Crippen molar-refractivity contribution < 1.29 is 4.79 Å². The highest BCUT2D eigenvalue weighted by molar-refractivity contribution is 5.78. The van der Waals surface area contributed by atoms with Crippen LogP contribution in [0.4, 0.5) is 0 Å². The van der Waals surface area contributed by atoms with E-state index in [1.54, 1.807) is 0 Å². The van der Waals surface area contributed by atoms with E-state index in [1.165, 1.54) is 19.4 Å². The van der Waals surface area contributed by atoms with Crippen LogP contribution >= 0.6 is 0 Å². The lowest BCUT2D eigenvalue weighted by Crippen LogP contribution is -2.50. The molecule has 0 spiro atoms. The Bertz CT molecular complexity index is 316. The van der Waals surface area contributed by atoms with Crippen LogP contribution in [0.2, 0.25) is 0 Å². The molecule has 3 aliphatic rings. The average molecular weight is 280 g/mol. The number of carbonyl (C=O) groups is 1. The zero-order valence-corrected chi connectivity index (χ0v) is 12.5. The molecule has 0 bridgehead atoms. The van der Waals surface area contributed by atoms with Crippen molar-refractivity contribution in [3.63, 3.8) is 0 Å². The first-order valence-electron chi connectivity index (χ1n) is 8.24. The Kier molecular flexibility index (Phi) is 4.91. The summed E-state index contributed by atoms with van der Waals surface area (Å²) in [7, 11) is 0. The number of nitrogens with one attached hydrogen (secondary N) is 1. The predicted molar refractivity (Wildman–Crippen MR) is 79.7 cm³/mol. The topological polar surface area (TPSA) is 38.8 Å². The standard InChI is InChI=1S/C15H28N4O/c20-15(19-6-1-4-16-5-7-19)13-18-10-8-17(9-11-18)12-14-2-3-14/h14,16H,1-13H2. The van der Waals surface area contributed by atoms with Gasteiger partial charge in [0.05, 0.1) is 6.54 Å². The summed E-state index contributed by atoms with van der Waals surface area (Å²) in [6, 6.07) is 0. The summed E-state index contributed by atoms with van der Waals surface area (Å²) in [4.78, 5) is 19.3. The highest BCUT2D eigenvalue weighted by Crippen LogP contribution is 2.29. The lowest BCUT2D eigenvalue weighted by Gasteiger charge is -2.35. The Morgan fingerprint density at radius 2 is 1.70 bits per heavy atom. The van der Waals surface area contributed by atoms with Gasteiger partial charge in [0.15, 0.2) is 0 Å². The van der Waals surface area contributed by atoms with Crippen molar-refractivity contribution in [3.8, 4) is 0 Å². The van der Waals surface area contributed by atoms with E-state index < -0.39 is 0 Å². The van der Waals surface area contributed by atoms with E-state index in [0.717, 1.165) is 64.7 Å². The van der Waals surface area contributed by atoms with Gasteiger partial charge in [0.25, 0.3) is 0 Å². The maximum absolute atomic E-state index is 12.3. The van der Waals surface area contributed by atoms with Crippen molar-refractivity contribution in [2.75, 3.05) is 65.4 Å². The molecule has 0 aromatic heterocycles. The molecule has 2 aliphatic heterocycles. The minimum Gasteiger partial charge on any atom is -0.340 e. The minimum atomic E-state index is 0.323. The minimum absolute atomic E-state index is 0.323. The number of amides is 1. The molecule has 5 nitrogen and oxygen atoms in total. The predicted octanol–water partition coefficient (Wildman–Crippen LogP) is -0.164. The second-order valence-electron chi connectivity index (χ2n) is 6.50. The molecule has 1 aliphatic carbocycles. The molecular weight excluding hydrogens is 252 g/mol. The van der Waals surface area contributed by atoms with Gasteiger partial charge in [-0.25, -0.2) is 0 Å². The van der Waals surface area contributed by atoms with E-state index in [2.05, 4.69) is 15.1 Å². The van der Waals surface area contributed by atoms with Gasteiger partial charge in [-0.3, -0.25) is 9.69 Å². The van der Waals surface area contributed by atoms with Crippen molar-refractivity contribution in [2.24, 2.45) is 5.92 Å². The smallest absolute Gasteiger partial charge is 0.236 e. The molecule has 1 amide bonds. The maximum atomic E-state index is 12.3. The fourth-order valence-electron chi connectivity index (χ4n) is 3.18. The summed E-state index contributed by atoms with van der Waals surface area (Å²) in [5.41, 5.74) is 0. The van der Waals surface area contributed by atoms with Crippen LogP contribution in [0.5, 0.6) is 0 Å². The number of nitrogens with zero attached hydrogens (tertiary/aromatic N) is 3. The summed E-state index contributed by atoms with van der Waals surface area (Å²) >= 11 is 0. The first kappa shape index (κ1) is 14.3. The molecule has 2 saturated heterocycles. The first-order chi connectivity index (χ1) is 9.81. The lowest BCUT2D eigenvalue weighted by molar-refractivity contribution is -0.132. The first-order valence-corrected chi connectivity index (χ1v) is 8.24. The van der Waals surface area contributed by atoms with Crippen molar-refractivity contribution in [3.05, 3.63) is 0 Å². The van der Waals surface area contributed by atoms with Crippen LogP contribution in [0.3, 0.4) is 0 Å². The summed E-state index contributed by atoms with van der Waals surface area (Å²) in [6.45, 7) is 10.1. The molecule has 5 heteroatoms. The molecule has 0 atom stereocenters. The van der Waals surface area contributed by atoms with Crippen LogP contribution in [-0.2, 0) is 4.79 Å². The van der Waals surface area contributed by atoms with Crippen molar-refractivity contribution in [1.29, 1.82) is 0 Å². The number of piperazine rings is 1. The molecule has 0 aromatic carbocycles. The van der Waals surface area contributed by atoms with Gasteiger partial charge in [-0.05, 0) is 31.7 Å². The van der Waals surface area contributed by atoms with E-state index in [9.17, 15) is 4.79 Å². The van der Waals surface area contributed by atoms with Gasteiger partial charge in [0, 0.05) is 52.4 Å². The van der Waals surface area contributed by atoms with E-state index in [-0.39, 0.29) is 0 Å². The molecule has 0 radical (unpaired) electrons. The monoisotopic (exact) mass is 280 g/mol. The molecule has 0 unspecified atom stereocenters. The third kappa shape index (κ3) is 4.17. The number of rotatable bonds is 4. The molecule has 1 saturated carbocycles. The van der Waals surface area contributed by atoms with Crippen LogP contribution in [0.15, 0.2) is 0 Å². The second kappa shape index (κ2) is 6.87. The van der Waals surface area contributed by atoms with Gasteiger partial charge in [0.2, 0.25) is 5.91 Å². The zero-order valence-electron chi connectivity index (χ0n) is 12.5. The van der Waals surface area contributed by atoms with E-state index in [1.807, 2.05) is 4.90 Å². The number of carbonyl (C=O) groups excluding carboxylic acids is 1. The van der Waals surface area contributed by atoms with Gasteiger partial charge in [-0.15, -0.1) is 0 Å². The molecule has 1 N–H and O–H groups in total. The molecule has 20 heavy (non-hydrogen) atoms. The van der Waals surface area contributed by atoms with Gasteiger partial charge in [-0.1, -0.05) is 0 Å². The Morgan fingerprint density at radius 1 is 0.950 bits per heavy atom. The Hall–Kier alpha value is -0.650. The van der Waals surface area contributed by atoms with Gasteiger partial charge in [-0.2, -0.15) is 0 Å². The third-order valence-corrected chi connectivity index (χ3v) is 4.73. The fraction of sp³-hybridized carbons (Fsp3) is 0.933. The molecule has 3 rings (SSSR count). The van der Waals surface area contributed by atoms with Crippen LogP contribution in [-0.4, -0.2) is 86.1 Å². The maximum Gasteiger partial charge on any atom is 0.236 e. The van der Waals surface area contributed by atoms with Crippen molar-refractivity contribution in [2.45, 2.75) is 19.3 Å². The van der Waals surface area contributed by atoms with Crippen molar-refractivity contribution >= 4 is 5.91 Å². The fourth-order valence-corrected chi connectivity index (χ4v) is 3.18. The molecule has 2 heterocycles. The molecular formula is C15H28N4O. The van der Waals surface area contributed by atoms with Gasteiger partial charge < -0.3 is 15.1 Å². The summed E-state index contributed by atoms with van der Waals surface area (Å²) in [5, 5.41) is 3.35. The van der Waals surface area contributed by atoms with Crippen LogP contribution in [0.25, 0.3) is 0 Å². The highest BCUT2D eigenvalue weighted by atomic mass is 16.2. The summed E-state index contributed by atoms with van der Waals surface area (Å²) in [5.74, 6) is 1.30. The third-order valence-electron chi connectivity index (χ3n) is 4.73. The van der Waals surface area contributed by atoms with Gasteiger partial charge in [0.1, 0.15) is 0 Å². The van der Waals surface area contributed by atoms with Gasteiger partial charge >= 0.3 is 0 Å². The number of hydrogen-bond donors (Lipinski definition) is 1. The highest BCUT2D eigenvalue weighted by Gasteiger charge is 2.27. The van der Waals surface area contributed by atoms with E-state index >= 15 is 0 Å². The quantitative estimate of drug-likeness (QED) is 0.776. The SMILES string of the molecule is O=C(CN1CCN(CC2CC2)CC1)N1CCCNCC1. The molecule has 0 aromatic rings. The summed E-state index contributed by atoms with van der Waals surface area (Å²) in [6.07, 6.45) is 3.95. The Labute approximate surface area is 122 Å². The zero-order chi connectivity index (χ0) is 13.8. The second-order valence-corrected chi connectivity index (χ2v) is 6.50. The van der Waals surface area contributed by atoms with Crippen LogP contribution < -0.4 is 5.32 Å². The van der Waals surface area contributed by atoms with E-state index in [0.29, 0.717) is 12.5 Å². The summed E-state index contributed by atoms with van der Waals surface area (Å²) < 4.78 is 0. The Morgan fingerprint density at radius 3 is 2.45 bits per heavy atom. The van der Waals surface area contributed by atoms with E-state index in [4.69, 9.17) is 0 Å². The molecule has 3 fully saturated rings. The average Bonchev–Trinajstić information content (AvgIpc) is 3.27. The normalized spacial score (nSPS) is 26.5. The lowest BCUT2D eigenvalue weighted by atomic mass is 10.2. The van der Waals surface area contributed by atoms with Crippen LogP contribution in [0.1, 0.15) is 19.3 Å². The molecule has 114 valence electrons.